The summed E-state index contributed by atoms with van der Waals surface area (Å²) in [6.07, 6.45) is 4.49. The van der Waals surface area contributed by atoms with Crippen molar-refractivity contribution in [2.45, 2.75) is 25.8 Å². The van der Waals surface area contributed by atoms with Crippen molar-refractivity contribution in [3.8, 4) is 22.8 Å². The highest BCUT2D eigenvalue weighted by atomic mass is 16.7. The third-order valence-electron chi connectivity index (χ3n) is 6.06. The van der Waals surface area contributed by atoms with Crippen LogP contribution in [0, 0.1) is 0 Å². The van der Waals surface area contributed by atoms with Gasteiger partial charge in [-0.2, -0.15) is 0 Å². The van der Waals surface area contributed by atoms with Gasteiger partial charge < -0.3 is 20.1 Å². The van der Waals surface area contributed by atoms with Crippen LogP contribution in [-0.2, 0) is 17.8 Å². The largest absolute Gasteiger partial charge is 0.454 e. The van der Waals surface area contributed by atoms with Gasteiger partial charge in [0.05, 0.1) is 17.8 Å². The summed E-state index contributed by atoms with van der Waals surface area (Å²) in [7, 11) is 0. The maximum absolute atomic E-state index is 12.4. The fourth-order valence-corrected chi connectivity index (χ4v) is 4.49. The molecule has 8 heteroatoms. The molecule has 162 valence electrons. The van der Waals surface area contributed by atoms with Crippen molar-refractivity contribution in [3.05, 3.63) is 53.7 Å². The monoisotopic (exact) mass is 429 g/mol. The zero-order chi connectivity index (χ0) is 21.5. The average Bonchev–Trinajstić information content (AvgIpc) is 3.45. The Hall–Kier alpha value is -3.65. The van der Waals surface area contributed by atoms with Crippen molar-refractivity contribution in [2.24, 2.45) is 0 Å². The first-order chi connectivity index (χ1) is 15.7. The average molecular weight is 429 g/mol. The van der Waals surface area contributed by atoms with Gasteiger partial charge in [0, 0.05) is 35.6 Å². The molecule has 3 aromatic rings. The second kappa shape index (κ2) is 7.80. The first-order valence-electron chi connectivity index (χ1n) is 10.9. The molecule has 1 amide bonds. The summed E-state index contributed by atoms with van der Waals surface area (Å²) in [5.74, 6) is 1.82. The van der Waals surface area contributed by atoms with Gasteiger partial charge in [-0.1, -0.05) is 6.07 Å². The Bertz CT molecular complexity index is 1210. The van der Waals surface area contributed by atoms with E-state index in [1.807, 2.05) is 24.3 Å². The van der Waals surface area contributed by atoms with E-state index < -0.39 is 0 Å². The lowest BCUT2D eigenvalue weighted by Crippen LogP contribution is -2.18. The molecule has 3 aliphatic rings. The van der Waals surface area contributed by atoms with Crippen LogP contribution in [0.1, 0.15) is 24.0 Å². The van der Waals surface area contributed by atoms with Crippen LogP contribution in [-0.4, -0.2) is 40.7 Å². The maximum Gasteiger partial charge on any atom is 0.231 e. The molecule has 1 aromatic heterocycles. The fourth-order valence-electron chi connectivity index (χ4n) is 4.49. The fraction of sp³-hybridized carbons (Fsp3) is 0.292. The molecule has 0 saturated carbocycles. The highest BCUT2D eigenvalue weighted by molar-refractivity contribution is 6.00. The zero-order valence-electron chi connectivity index (χ0n) is 17.6. The standard InChI is InChI=1S/C24H23N5O3/c30-22-10-16-12-25-24(26-17-4-6-20-21(11-17)32-14-31-20)28-23(16)18-9-15(3-5-19(18)27-22)13-29-7-1-2-8-29/h3-6,9,11-12H,1-2,7-8,10,13-14H2,(H,27,30)(H,25,26,28). The first-order valence-corrected chi connectivity index (χ1v) is 10.9. The van der Waals surface area contributed by atoms with Gasteiger partial charge in [0.1, 0.15) is 0 Å². The number of nitrogens with zero attached hydrogens (tertiary/aromatic N) is 3. The molecule has 2 N–H and O–H groups in total. The van der Waals surface area contributed by atoms with Crippen LogP contribution in [0.2, 0.25) is 0 Å². The number of hydrogen-bond donors (Lipinski definition) is 2. The minimum Gasteiger partial charge on any atom is -0.454 e. The Morgan fingerprint density at radius 3 is 2.84 bits per heavy atom. The van der Waals surface area contributed by atoms with Crippen LogP contribution in [0.5, 0.6) is 11.5 Å². The number of carbonyl (C=O) groups excluding carboxylic acids is 1. The molecule has 0 radical (unpaired) electrons. The molecule has 6 rings (SSSR count). The second-order valence-electron chi connectivity index (χ2n) is 8.35. The predicted molar refractivity (Wildman–Crippen MR) is 120 cm³/mol. The van der Waals surface area contributed by atoms with Crippen molar-refractivity contribution in [1.82, 2.24) is 14.9 Å². The predicted octanol–water partition coefficient (Wildman–Crippen LogP) is 3.71. The van der Waals surface area contributed by atoms with Crippen molar-refractivity contribution in [2.75, 3.05) is 30.5 Å². The number of amides is 1. The van der Waals surface area contributed by atoms with E-state index in [2.05, 4.69) is 32.7 Å². The summed E-state index contributed by atoms with van der Waals surface area (Å²) in [5.41, 5.74) is 5.33. The molecular weight excluding hydrogens is 406 g/mol. The van der Waals surface area contributed by atoms with E-state index in [-0.39, 0.29) is 19.1 Å². The number of nitrogens with one attached hydrogen (secondary N) is 2. The topological polar surface area (TPSA) is 88.6 Å². The Morgan fingerprint density at radius 2 is 1.94 bits per heavy atom. The second-order valence-corrected chi connectivity index (χ2v) is 8.35. The van der Waals surface area contributed by atoms with Gasteiger partial charge in [0.25, 0.3) is 0 Å². The first kappa shape index (κ1) is 19.1. The van der Waals surface area contributed by atoms with E-state index in [9.17, 15) is 4.79 Å². The molecule has 4 heterocycles. The lowest BCUT2D eigenvalue weighted by molar-refractivity contribution is -0.115. The van der Waals surface area contributed by atoms with Crippen LogP contribution in [0.25, 0.3) is 11.3 Å². The van der Waals surface area contributed by atoms with Crippen molar-refractivity contribution in [1.29, 1.82) is 0 Å². The Balaban J connectivity index is 1.35. The van der Waals surface area contributed by atoms with Crippen molar-refractivity contribution < 1.29 is 14.3 Å². The number of likely N-dealkylation sites (tertiary alicyclic amines) is 1. The van der Waals surface area contributed by atoms with E-state index >= 15 is 0 Å². The minimum absolute atomic E-state index is 0.0580. The molecule has 8 nitrogen and oxygen atoms in total. The molecule has 3 aliphatic heterocycles. The van der Waals surface area contributed by atoms with Gasteiger partial charge in [-0.3, -0.25) is 9.69 Å². The number of hydrogen-bond acceptors (Lipinski definition) is 7. The number of benzene rings is 2. The Morgan fingerprint density at radius 1 is 1.06 bits per heavy atom. The number of rotatable bonds is 4. The third kappa shape index (κ3) is 3.62. The van der Waals surface area contributed by atoms with Crippen LogP contribution >= 0.6 is 0 Å². The molecular formula is C24H23N5O3. The molecule has 0 aliphatic carbocycles. The molecule has 32 heavy (non-hydrogen) atoms. The van der Waals surface area contributed by atoms with Gasteiger partial charge >= 0.3 is 0 Å². The van der Waals surface area contributed by atoms with Crippen molar-refractivity contribution >= 4 is 23.2 Å². The SMILES string of the molecule is O=C1Cc2cnc(Nc3ccc4c(c3)OCO4)nc2-c2cc(CN3CCCC3)ccc2N1. The summed E-state index contributed by atoms with van der Waals surface area (Å²) in [6, 6.07) is 11.8. The molecule has 1 saturated heterocycles. The summed E-state index contributed by atoms with van der Waals surface area (Å²) in [6.45, 7) is 3.40. The Kier molecular flexibility index (Phi) is 4.65. The molecule has 0 atom stereocenters. The molecule has 0 spiro atoms. The Labute approximate surface area is 185 Å². The molecule has 0 bridgehead atoms. The van der Waals surface area contributed by atoms with Crippen LogP contribution in [0.15, 0.2) is 42.6 Å². The lowest BCUT2D eigenvalue weighted by atomic mass is 10.0. The molecule has 0 unspecified atom stereocenters. The number of fused-ring (bicyclic) bond motifs is 4. The maximum atomic E-state index is 12.4. The van der Waals surface area contributed by atoms with Crippen molar-refractivity contribution in [3.63, 3.8) is 0 Å². The highest BCUT2D eigenvalue weighted by Crippen LogP contribution is 2.36. The zero-order valence-corrected chi connectivity index (χ0v) is 17.6. The van der Waals surface area contributed by atoms with E-state index in [1.165, 1.54) is 18.4 Å². The highest BCUT2D eigenvalue weighted by Gasteiger charge is 2.22. The lowest BCUT2D eigenvalue weighted by Gasteiger charge is -2.17. The van der Waals surface area contributed by atoms with Crippen LogP contribution in [0.3, 0.4) is 0 Å². The summed E-state index contributed by atoms with van der Waals surface area (Å²) in [5, 5.41) is 6.26. The third-order valence-corrected chi connectivity index (χ3v) is 6.06. The molecule has 1 fully saturated rings. The summed E-state index contributed by atoms with van der Waals surface area (Å²) < 4.78 is 10.8. The van der Waals surface area contributed by atoms with Gasteiger partial charge in [-0.15, -0.1) is 0 Å². The number of aromatic nitrogens is 2. The van der Waals surface area contributed by atoms with E-state index in [0.717, 1.165) is 53.6 Å². The summed E-state index contributed by atoms with van der Waals surface area (Å²) in [4.78, 5) is 24.2. The van der Waals surface area contributed by atoms with Gasteiger partial charge in [0.15, 0.2) is 11.5 Å². The molecule has 2 aromatic carbocycles. The van der Waals surface area contributed by atoms with Gasteiger partial charge in [-0.25, -0.2) is 9.97 Å². The number of anilines is 3. The van der Waals surface area contributed by atoms with E-state index in [4.69, 9.17) is 14.5 Å². The number of ether oxygens (including phenoxy) is 2. The summed E-state index contributed by atoms with van der Waals surface area (Å²) >= 11 is 0. The van der Waals surface area contributed by atoms with Gasteiger partial charge in [0.2, 0.25) is 18.6 Å². The van der Waals surface area contributed by atoms with Crippen LogP contribution in [0.4, 0.5) is 17.3 Å². The van der Waals surface area contributed by atoms with Gasteiger partial charge in [-0.05, 0) is 55.8 Å². The smallest absolute Gasteiger partial charge is 0.231 e. The van der Waals surface area contributed by atoms with Crippen LogP contribution < -0.4 is 20.1 Å². The van der Waals surface area contributed by atoms with E-state index in [1.54, 1.807) is 6.20 Å². The normalized spacial score (nSPS) is 16.8. The quantitative estimate of drug-likeness (QED) is 0.654. The minimum atomic E-state index is -0.0580. The van der Waals surface area contributed by atoms with E-state index in [0.29, 0.717) is 11.7 Å². The number of carbonyl (C=O) groups is 1.